The van der Waals surface area contributed by atoms with Gasteiger partial charge in [0.2, 0.25) is 0 Å². The lowest BCUT2D eigenvalue weighted by Gasteiger charge is -2.23. The van der Waals surface area contributed by atoms with E-state index in [-0.39, 0.29) is 0 Å². The molecular formula is C10H16N2O. The van der Waals surface area contributed by atoms with Crippen LogP contribution >= 0.6 is 0 Å². The number of nitrogens with one attached hydrogen (secondary N) is 1. The largest absolute Gasteiger partial charge is 0.378 e. The van der Waals surface area contributed by atoms with Crippen LogP contribution < -0.4 is 11.1 Å². The molecule has 13 heavy (non-hydrogen) atoms. The predicted molar refractivity (Wildman–Crippen MR) is 50.7 cm³/mol. The van der Waals surface area contributed by atoms with Crippen LogP contribution in [-0.4, -0.2) is 11.9 Å². The molecule has 0 aliphatic heterocycles. The zero-order valence-electron chi connectivity index (χ0n) is 7.75. The topological polar surface area (TPSA) is 55.1 Å². The van der Waals surface area contributed by atoms with Gasteiger partial charge in [0.25, 0.3) is 5.91 Å². The van der Waals surface area contributed by atoms with Crippen LogP contribution in [0.5, 0.6) is 0 Å². The van der Waals surface area contributed by atoms with Crippen molar-refractivity contribution in [3.63, 3.8) is 0 Å². The first-order chi connectivity index (χ1) is 6.16. The monoisotopic (exact) mass is 180 g/mol. The van der Waals surface area contributed by atoms with Crippen molar-refractivity contribution in [2.45, 2.75) is 31.7 Å². The molecule has 2 aliphatic rings. The Morgan fingerprint density at radius 3 is 2.62 bits per heavy atom. The highest BCUT2D eigenvalue weighted by atomic mass is 16.1. The van der Waals surface area contributed by atoms with Crippen molar-refractivity contribution in [2.75, 3.05) is 0 Å². The maximum absolute atomic E-state index is 10.8. The minimum Gasteiger partial charge on any atom is -0.378 e. The van der Waals surface area contributed by atoms with Gasteiger partial charge >= 0.3 is 0 Å². The maximum Gasteiger partial charge on any atom is 0.264 e. The first-order valence-electron chi connectivity index (χ1n) is 4.92. The first-order valence-corrected chi connectivity index (χ1v) is 4.92. The maximum atomic E-state index is 10.8. The number of nitrogens with two attached hydrogens (primary N) is 1. The van der Waals surface area contributed by atoms with Crippen LogP contribution in [0.4, 0.5) is 0 Å². The van der Waals surface area contributed by atoms with Gasteiger partial charge in [-0.3, -0.25) is 4.79 Å². The molecule has 3 heteroatoms. The normalized spacial score (nSPS) is 36.2. The van der Waals surface area contributed by atoms with E-state index < -0.39 is 5.91 Å². The van der Waals surface area contributed by atoms with Gasteiger partial charge in [0, 0.05) is 6.04 Å². The molecule has 1 amide bonds. The third-order valence-corrected chi connectivity index (χ3v) is 3.40. The van der Waals surface area contributed by atoms with Gasteiger partial charge in [-0.1, -0.05) is 13.0 Å². The van der Waals surface area contributed by atoms with Crippen molar-refractivity contribution in [1.29, 1.82) is 0 Å². The molecule has 0 spiro atoms. The summed E-state index contributed by atoms with van der Waals surface area (Å²) < 4.78 is 0. The van der Waals surface area contributed by atoms with Crippen LogP contribution in [0.15, 0.2) is 12.3 Å². The molecule has 3 N–H and O–H groups in total. The zero-order chi connectivity index (χ0) is 9.42. The Bertz CT molecular complexity index is 249. The van der Waals surface area contributed by atoms with E-state index in [1.165, 1.54) is 25.7 Å². The molecule has 2 aliphatic carbocycles. The first kappa shape index (κ1) is 8.60. The summed E-state index contributed by atoms with van der Waals surface area (Å²) in [4.78, 5) is 10.8. The number of hydrogen-bond acceptors (Lipinski definition) is 2. The van der Waals surface area contributed by atoms with Gasteiger partial charge in [0.1, 0.15) is 0 Å². The smallest absolute Gasteiger partial charge is 0.264 e. The van der Waals surface area contributed by atoms with Crippen LogP contribution in [0.25, 0.3) is 0 Å². The fourth-order valence-electron chi connectivity index (χ4n) is 2.72. The molecule has 0 aromatic rings. The predicted octanol–water partition coefficient (Wildman–Crippen LogP) is 0.764. The van der Waals surface area contributed by atoms with Crippen molar-refractivity contribution in [3.8, 4) is 0 Å². The Kier molecular flexibility index (Phi) is 2.02. The third kappa shape index (κ3) is 1.55. The average Bonchev–Trinajstić information content (AvgIpc) is 2.64. The quantitative estimate of drug-likeness (QED) is 0.630. The number of carbonyl (C=O) groups excluding carboxylic acids is 1. The zero-order valence-corrected chi connectivity index (χ0v) is 7.75. The van der Waals surface area contributed by atoms with E-state index in [2.05, 4.69) is 11.9 Å². The molecule has 2 bridgehead atoms. The lowest BCUT2D eigenvalue weighted by Crippen LogP contribution is -2.37. The minimum absolute atomic E-state index is 0.373. The molecule has 2 fully saturated rings. The summed E-state index contributed by atoms with van der Waals surface area (Å²) in [6.07, 6.45) is 5.18. The molecule has 2 rings (SSSR count). The second-order valence-corrected chi connectivity index (χ2v) is 4.27. The van der Waals surface area contributed by atoms with Crippen molar-refractivity contribution in [3.05, 3.63) is 12.3 Å². The summed E-state index contributed by atoms with van der Waals surface area (Å²) in [5, 5.41) is 3.14. The van der Waals surface area contributed by atoms with E-state index in [4.69, 9.17) is 5.73 Å². The number of carbonyl (C=O) groups is 1. The molecule has 3 atom stereocenters. The Morgan fingerprint density at radius 1 is 1.38 bits per heavy atom. The summed E-state index contributed by atoms with van der Waals surface area (Å²) in [7, 11) is 0. The van der Waals surface area contributed by atoms with Crippen LogP contribution in [0.2, 0.25) is 0 Å². The van der Waals surface area contributed by atoms with E-state index in [9.17, 15) is 4.79 Å². The van der Waals surface area contributed by atoms with Gasteiger partial charge in [-0.25, -0.2) is 0 Å². The van der Waals surface area contributed by atoms with Gasteiger partial charge in [-0.2, -0.15) is 0 Å². The van der Waals surface area contributed by atoms with Crippen molar-refractivity contribution in [1.82, 2.24) is 5.32 Å². The highest BCUT2D eigenvalue weighted by Gasteiger charge is 2.39. The summed E-state index contributed by atoms with van der Waals surface area (Å²) in [6, 6.07) is 0.457. The number of hydrogen-bond donors (Lipinski definition) is 2. The fraction of sp³-hybridized carbons (Fsp3) is 0.700. The molecule has 72 valence electrons. The van der Waals surface area contributed by atoms with Crippen LogP contribution in [0.3, 0.4) is 0 Å². The minimum atomic E-state index is -0.428. The average molecular weight is 180 g/mol. The molecule has 3 unspecified atom stereocenters. The number of amides is 1. The Labute approximate surface area is 78.4 Å². The van der Waals surface area contributed by atoms with Crippen molar-refractivity contribution in [2.24, 2.45) is 17.6 Å². The SMILES string of the molecule is C=C(NC1CC2CCC1C2)C(N)=O. The fourth-order valence-corrected chi connectivity index (χ4v) is 2.72. The molecule has 2 saturated carbocycles. The van der Waals surface area contributed by atoms with E-state index >= 15 is 0 Å². The van der Waals surface area contributed by atoms with Gasteiger partial charge in [-0.05, 0) is 31.1 Å². The van der Waals surface area contributed by atoms with Crippen LogP contribution in [0.1, 0.15) is 25.7 Å². The van der Waals surface area contributed by atoms with Gasteiger partial charge in [0.15, 0.2) is 0 Å². The van der Waals surface area contributed by atoms with Gasteiger partial charge in [0.05, 0.1) is 5.70 Å². The number of fused-ring (bicyclic) bond motifs is 2. The number of primary amides is 1. The van der Waals surface area contributed by atoms with E-state index in [1.807, 2.05) is 0 Å². The van der Waals surface area contributed by atoms with Crippen LogP contribution in [-0.2, 0) is 4.79 Å². The summed E-state index contributed by atoms with van der Waals surface area (Å²) in [5.41, 5.74) is 5.48. The van der Waals surface area contributed by atoms with Crippen molar-refractivity contribution < 1.29 is 4.79 Å². The second-order valence-electron chi connectivity index (χ2n) is 4.27. The van der Waals surface area contributed by atoms with E-state index in [0.29, 0.717) is 11.7 Å². The molecule has 3 nitrogen and oxygen atoms in total. The molecule has 0 aromatic heterocycles. The summed E-state index contributed by atoms with van der Waals surface area (Å²) >= 11 is 0. The Hall–Kier alpha value is -0.990. The van der Waals surface area contributed by atoms with Crippen molar-refractivity contribution >= 4 is 5.91 Å². The standard InChI is InChI=1S/C10H16N2O/c1-6(10(11)13)12-9-5-7-2-3-8(9)4-7/h7-9,12H,1-5H2,(H2,11,13). The molecule has 0 heterocycles. The molecule has 0 radical (unpaired) electrons. The number of rotatable bonds is 3. The summed E-state index contributed by atoms with van der Waals surface area (Å²) in [5.74, 6) is 1.20. The Balaban J connectivity index is 1.90. The van der Waals surface area contributed by atoms with Gasteiger partial charge in [-0.15, -0.1) is 0 Å². The Morgan fingerprint density at radius 2 is 2.15 bits per heavy atom. The third-order valence-electron chi connectivity index (χ3n) is 3.40. The lowest BCUT2D eigenvalue weighted by atomic mass is 9.95. The van der Waals surface area contributed by atoms with E-state index in [0.717, 1.165) is 11.8 Å². The summed E-state index contributed by atoms with van der Waals surface area (Å²) in [6.45, 7) is 3.62. The molecule has 0 saturated heterocycles. The molecular weight excluding hydrogens is 164 g/mol. The highest BCUT2D eigenvalue weighted by molar-refractivity contribution is 5.90. The van der Waals surface area contributed by atoms with E-state index in [1.54, 1.807) is 0 Å². The lowest BCUT2D eigenvalue weighted by molar-refractivity contribution is -0.115. The highest BCUT2D eigenvalue weighted by Crippen LogP contribution is 2.44. The molecule has 0 aromatic carbocycles. The van der Waals surface area contributed by atoms with Crippen LogP contribution in [0, 0.1) is 11.8 Å². The van der Waals surface area contributed by atoms with Gasteiger partial charge < -0.3 is 11.1 Å². The second kappa shape index (κ2) is 3.05.